The van der Waals surface area contributed by atoms with Crippen LogP contribution in [0, 0.1) is 10.1 Å². The summed E-state index contributed by atoms with van der Waals surface area (Å²) in [5.74, 6) is -1.46. The van der Waals surface area contributed by atoms with E-state index < -0.39 is 22.8 Å². The molecule has 36 heavy (non-hydrogen) atoms. The molecule has 0 spiro atoms. The molecule has 190 valence electrons. The Hall–Kier alpha value is -4.14. The number of nitrogens with zero attached hydrogens (tertiary/aromatic N) is 2. The predicted octanol–water partition coefficient (Wildman–Crippen LogP) is 5.27. The lowest BCUT2D eigenvalue weighted by molar-refractivity contribution is -0.384. The Bertz CT molecular complexity index is 1170. The molecule has 0 aliphatic carbocycles. The van der Waals surface area contributed by atoms with Crippen LogP contribution in [0.3, 0.4) is 0 Å². The molecule has 0 unspecified atom stereocenters. The first-order chi connectivity index (χ1) is 17.2. The van der Waals surface area contributed by atoms with Crippen molar-refractivity contribution in [3.05, 3.63) is 86.7 Å². The van der Waals surface area contributed by atoms with Gasteiger partial charge in [-0.1, -0.05) is 12.1 Å². The molecule has 0 saturated heterocycles. The van der Waals surface area contributed by atoms with E-state index in [1.165, 1.54) is 18.2 Å². The number of non-ortho nitro benzene ring substituents is 1. The Morgan fingerprint density at radius 2 is 1.44 bits per heavy atom. The Morgan fingerprint density at radius 3 is 1.92 bits per heavy atom. The molecule has 0 fully saturated rings. The highest BCUT2D eigenvalue weighted by Crippen LogP contribution is 2.45. The van der Waals surface area contributed by atoms with E-state index in [-0.39, 0.29) is 30.0 Å². The Labute approximate surface area is 210 Å². The largest absolute Gasteiger partial charge is 0.494 e. The number of allylic oxidation sites excluding steroid dienone is 2. The van der Waals surface area contributed by atoms with Gasteiger partial charge in [0.05, 0.1) is 41.8 Å². The molecule has 9 heteroatoms. The highest BCUT2D eigenvalue weighted by molar-refractivity contribution is 6.01. The van der Waals surface area contributed by atoms with Gasteiger partial charge in [0.2, 0.25) is 0 Å². The van der Waals surface area contributed by atoms with Gasteiger partial charge in [-0.05, 0) is 64.4 Å². The van der Waals surface area contributed by atoms with Crippen molar-refractivity contribution in [3.63, 3.8) is 0 Å². The summed E-state index contributed by atoms with van der Waals surface area (Å²) < 4.78 is 16.3. The molecule has 1 aliphatic heterocycles. The lowest BCUT2D eigenvalue weighted by atomic mass is 9.79. The number of anilines is 1. The third-order valence-corrected chi connectivity index (χ3v) is 5.84. The van der Waals surface area contributed by atoms with Crippen LogP contribution >= 0.6 is 0 Å². The number of esters is 2. The molecule has 0 bridgehead atoms. The lowest BCUT2D eigenvalue weighted by Gasteiger charge is -2.38. The van der Waals surface area contributed by atoms with Crippen molar-refractivity contribution in [2.45, 2.75) is 40.5 Å². The number of nitro benzene ring substituents is 1. The summed E-state index contributed by atoms with van der Waals surface area (Å²) in [7, 11) is 0. The Morgan fingerprint density at radius 1 is 0.889 bits per heavy atom. The fourth-order valence-electron chi connectivity index (χ4n) is 4.40. The van der Waals surface area contributed by atoms with E-state index in [0.717, 1.165) is 0 Å². The summed E-state index contributed by atoms with van der Waals surface area (Å²) in [5.41, 5.74) is 2.47. The standard InChI is InChI=1S/C27H30N2O7/c1-6-34-22-14-12-20(13-15-22)28-17(4)23(26(30)35-7-2)25(24(18(28)5)27(31)36-8-3)19-10-9-11-21(16-19)29(32)33/h9-16,25H,6-8H2,1-5H3. The van der Waals surface area contributed by atoms with Crippen molar-refractivity contribution < 1.29 is 28.7 Å². The van der Waals surface area contributed by atoms with E-state index in [1.807, 2.05) is 19.1 Å². The monoisotopic (exact) mass is 494 g/mol. The van der Waals surface area contributed by atoms with Crippen LogP contribution in [0.2, 0.25) is 0 Å². The highest BCUT2D eigenvalue weighted by Gasteiger charge is 2.41. The van der Waals surface area contributed by atoms with Crippen molar-refractivity contribution in [2.75, 3.05) is 24.7 Å². The number of hydrogen-bond acceptors (Lipinski definition) is 8. The molecular weight excluding hydrogens is 464 g/mol. The number of benzene rings is 2. The maximum atomic E-state index is 13.3. The minimum Gasteiger partial charge on any atom is -0.494 e. The highest BCUT2D eigenvalue weighted by atomic mass is 16.6. The number of carbonyl (C=O) groups excluding carboxylic acids is 2. The summed E-state index contributed by atoms with van der Waals surface area (Å²) in [5, 5.41) is 11.5. The van der Waals surface area contributed by atoms with Crippen LogP contribution in [-0.2, 0) is 19.1 Å². The first-order valence-corrected chi connectivity index (χ1v) is 11.8. The number of hydrogen-bond donors (Lipinski definition) is 0. The Kier molecular flexibility index (Phi) is 8.47. The van der Waals surface area contributed by atoms with E-state index in [2.05, 4.69) is 0 Å². The fraction of sp³-hybridized carbons (Fsp3) is 0.333. The van der Waals surface area contributed by atoms with Crippen molar-refractivity contribution in [1.29, 1.82) is 0 Å². The van der Waals surface area contributed by atoms with E-state index in [0.29, 0.717) is 35.0 Å². The summed E-state index contributed by atoms with van der Waals surface area (Å²) in [6, 6.07) is 13.2. The van der Waals surface area contributed by atoms with Gasteiger partial charge in [0.15, 0.2) is 0 Å². The zero-order valence-corrected chi connectivity index (χ0v) is 21.1. The van der Waals surface area contributed by atoms with Crippen molar-refractivity contribution >= 4 is 23.3 Å². The number of carbonyl (C=O) groups is 2. The average molecular weight is 495 g/mol. The normalized spacial score (nSPS) is 14.1. The van der Waals surface area contributed by atoms with E-state index in [1.54, 1.807) is 50.8 Å². The Balaban J connectivity index is 2.30. The quantitative estimate of drug-likeness (QED) is 0.263. The third kappa shape index (κ3) is 5.25. The molecule has 0 N–H and O–H groups in total. The average Bonchev–Trinajstić information content (AvgIpc) is 2.85. The maximum Gasteiger partial charge on any atom is 0.336 e. The van der Waals surface area contributed by atoms with Gasteiger partial charge in [-0.3, -0.25) is 10.1 Å². The maximum absolute atomic E-state index is 13.3. The summed E-state index contributed by atoms with van der Waals surface area (Å²) in [6.07, 6.45) is 0. The van der Waals surface area contributed by atoms with Gasteiger partial charge >= 0.3 is 11.9 Å². The van der Waals surface area contributed by atoms with Crippen LogP contribution in [0.1, 0.15) is 46.1 Å². The molecule has 0 amide bonds. The number of ether oxygens (including phenoxy) is 3. The summed E-state index contributed by atoms with van der Waals surface area (Å²) in [4.78, 5) is 39.4. The van der Waals surface area contributed by atoms with Crippen molar-refractivity contribution in [3.8, 4) is 5.75 Å². The summed E-state index contributed by atoms with van der Waals surface area (Å²) in [6.45, 7) is 9.56. The van der Waals surface area contributed by atoms with Crippen LogP contribution in [0.25, 0.3) is 0 Å². The molecule has 9 nitrogen and oxygen atoms in total. The zero-order valence-electron chi connectivity index (χ0n) is 21.1. The van der Waals surface area contributed by atoms with Gasteiger partial charge in [0.25, 0.3) is 5.69 Å². The van der Waals surface area contributed by atoms with Gasteiger partial charge < -0.3 is 19.1 Å². The smallest absolute Gasteiger partial charge is 0.336 e. The number of rotatable bonds is 9. The second-order valence-electron chi connectivity index (χ2n) is 7.99. The fourth-order valence-corrected chi connectivity index (χ4v) is 4.40. The minimum atomic E-state index is -0.915. The summed E-state index contributed by atoms with van der Waals surface area (Å²) >= 11 is 0. The van der Waals surface area contributed by atoms with Crippen LogP contribution in [-0.4, -0.2) is 36.7 Å². The molecule has 2 aromatic rings. The lowest BCUT2D eigenvalue weighted by Crippen LogP contribution is -2.35. The van der Waals surface area contributed by atoms with Gasteiger partial charge in [-0.2, -0.15) is 0 Å². The molecule has 0 radical (unpaired) electrons. The van der Waals surface area contributed by atoms with Crippen LogP contribution in [0.15, 0.2) is 71.1 Å². The van der Waals surface area contributed by atoms with E-state index in [9.17, 15) is 19.7 Å². The van der Waals surface area contributed by atoms with Gasteiger partial charge in [0, 0.05) is 29.2 Å². The van der Waals surface area contributed by atoms with Crippen molar-refractivity contribution in [1.82, 2.24) is 0 Å². The first-order valence-electron chi connectivity index (χ1n) is 11.8. The molecule has 1 heterocycles. The van der Waals surface area contributed by atoms with Crippen LogP contribution < -0.4 is 9.64 Å². The molecule has 0 atom stereocenters. The van der Waals surface area contributed by atoms with E-state index in [4.69, 9.17) is 14.2 Å². The molecule has 1 aliphatic rings. The first kappa shape index (κ1) is 26.5. The molecule has 2 aromatic carbocycles. The van der Waals surface area contributed by atoms with Crippen LogP contribution in [0.4, 0.5) is 11.4 Å². The van der Waals surface area contributed by atoms with E-state index >= 15 is 0 Å². The molecule has 0 saturated carbocycles. The van der Waals surface area contributed by atoms with Gasteiger partial charge in [0.1, 0.15) is 5.75 Å². The molecular formula is C27H30N2O7. The molecule has 3 rings (SSSR count). The second kappa shape index (κ2) is 11.5. The zero-order chi connectivity index (χ0) is 26.4. The minimum absolute atomic E-state index is 0.123. The SMILES string of the molecule is CCOC(=O)C1=C(C)N(c2ccc(OCC)cc2)C(C)=C(C(=O)OCC)C1c1cccc([N+](=O)[O-])c1. The third-order valence-electron chi connectivity index (χ3n) is 5.84. The second-order valence-corrected chi connectivity index (χ2v) is 7.99. The predicted molar refractivity (Wildman–Crippen MR) is 135 cm³/mol. The van der Waals surface area contributed by atoms with Gasteiger partial charge in [-0.25, -0.2) is 9.59 Å². The van der Waals surface area contributed by atoms with Crippen molar-refractivity contribution in [2.24, 2.45) is 0 Å². The molecule has 0 aromatic heterocycles. The number of nitro groups is 1. The van der Waals surface area contributed by atoms with Gasteiger partial charge in [-0.15, -0.1) is 0 Å². The topological polar surface area (TPSA) is 108 Å². The van der Waals surface area contributed by atoms with Crippen LogP contribution in [0.5, 0.6) is 5.75 Å².